The second kappa shape index (κ2) is 5.97. The maximum atomic E-state index is 11.6. The molecule has 1 amide bonds. The van der Waals surface area contributed by atoms with Gasteiger partial charge >= 0.3 is 0 Å². The van der Waals surface area contributed by atoms with Crippen LogP contribution in [-0.4, -0.2) is 35.6 Å². The Hall–Kier alpha value is -2.15. The summed E-state index contributed by atoms with van der Waals surface area (Å²) in [6, 6.07) is 3.70. The van der Waals surface area contributed by atoms with E-state index in [9.17, 15) is 14.9 Å². The second-order valence-electron chi connectivity index (χ2n) is 3.79. The quantitative estimate of drug-likeness (QED) is 0.530. The third kappa shape index (κ3) is 3.17. The summed E-state index contributed by atoms with van der Waals surface area (Å²) < 4.78 is 0. The Labute approximate surface area is 104 Å². The van der Waals surface area contributed by atoms with Gasteiger partial charge in [0.1, 0.15) is 0 Å². The summed E-state index contributed by atoms with van der Waals surface area (Å²) in [5.41, 5.74) is 0.462. The maximum absolute atomic E-state index is 11.6. The van der Waals surface area contributed by atoms with Gasteiger partial charge in [0.2, 0.25) is 0 Å². The van der Waals surface area contributed by atoms with Crippen LogP contribution in [0.5, 0.6) is 0 Å². The summed E-state index contributed by atoms with van der Waals surface area (Å²) in [5.74, 6) is -0.425. The molecule has 0 radical (unpaired) electrons. The van der Waals surface area contributed by atoms with Crippen molar-refractivity contribution in [3.8, 4) is 0 Å². The number of amides is 1. The number of aliphatic hydroxyl groups is 1. The number of hydrogen-bond acceptors (Lipinski definition) is 5. The molecule has 0 bridgehead atoms. The van der Waals surface area contributed by atoms with Crippen molar-refractivity contribution in [2.75, 3.05) is 19.0 Å². The fourth-order valence-electron chi connectivity index (χ4n) is 1.41. The molecule has 1 atom stereocenters. The summed E-state index contributed by atoms with van der Waals surface area (Å²) in [7, 11) is 1.44. The van der Waals surface area contributed by atoms with Crippen LogP contribution in [0.2, 0.25) is 0 Å². The molecule has 0 saturated heterocycles. The highest BCUT2D eigenvalue weighted by molar-refractivity contribution is 6.00. The molecule has 1 unspecified atom stereocenters. The van der Waals surface area contributed by atoms with E-state index in [-0.39, 0.29) is 23.9 Å². The summed E-state index contributed by atoms with van der Waals surface area (Å²) in [6.45, 7) is 1.62. The van der Waals surface area contributed by atoms with E-state index in [2.05, 4.69) is 10.6 Å². The Kier molecular flexibility index (Phi) is 4.61. The van der Waals surface area contributed by atoms with Crippen LogP contribution in [0.4, 0.5) is 11.4 Å². The van der Waals surface area contributed by atoms with Crippen molar-refractivity contribution in [2.24, 2.45) is 0 Å². The smallest absolute Gasteiger partial charge is 0.270 e. The van der Waals surface area contributed by atoms with Crippen LogP contribution in [0.3, 0.4) is 0 Å². The van der Waals surface area contributed by atoms with Gasteiger partial charge in [0.15, 0.2) is 0 Å². The van der Waals surface area contributed by atoms with Gasteiger partial charge in [-0.25, -0.2) is 0 Å². The topological polar surface area (TPSA) is 104 Å². The molecule has 98 valence electrons. The van der Waals surface area contributed by atoms with E-state index in [1.807, 2.05) is 0 Å². The minimum atomic E-state index is -0.564. The Bertz CT molecular complexity index is 462. The number of non-ortho nitro benzene ring substituents is 1. The normalized spacial score (nSPS) is 11.7. The molecule has 1 aromatic rings. The fraction of sp³-hybridized carbons (Fsp3) is 0.364. The zero-order valence-corrected chi connectivity index (χ0v) is 10.1. The number of carbonyl (C=O) groups excluding carboxylic acids is 1. The number of carbonyl (C=O) groups is 1. The number of nitro groups is 1. The average molecular weight is 253 g/mol. The minimum absolute atomic E-state index is 0.107. The molecule has 7 nitrogen and oxygen atoms in total. The van der Waals surface area contributed by atoms with E-state index in [1.54, 1.807) is 6.92 Å². The lowest BCUT2D eigenvalue weighted by molar-refractivity contribution is -0.384. The highest BCUT2D eigenvalue weighted by atomic mass is 16.6. The maximum Gasteiger partial charge on any atom is 0.270 e. The summed E-state index contributed by atoms with van der Waals surface area (Å²) in [6.07, 6.45) is 0. The number of nitro benzene ring substituents is 1. The van der Waals surface area contributed by atoms with Crippen molar-refractivity contribution in [1.29, 1.82) is 0 Å². The van der Waals surface area contributed by atoms with Crippen LogP contribution < -0.4 is 10.6 Å². The molecule has 3 N–H and O–H groups in total. The first-order chi connectivity index (χ1) is 8.49. The van der Waals surface area contributed by atoms with E-state index in [1.165, 1.54) is 25.2 Å². The molecule has 0 aromatic heterocycles. The van der Waals surface area contributed by atoms with Crippen LogP contribution in [0.15, 0.2) is 18.2 Å². The van der Waals surface area contributed by atoms with Gasteiger partial charge in [-0.15, -0.1) is 0 Å². The number of nitrogens with zero attached hydrogens (tertiary/aromatic N) is 1. The van der Waals surface area contributed by atoms with Gasteiger partial charge < -0.3 is 15.7 Å². The molecule has 18 heavy (non-hydrogen) atoms. The number of anilines is 1. The van der Waals surface area contributed by atoms with E-state index in [0.717, 1.165) is 0 Å². The first kappa shape index (κ1) is 13.9. The highest BCUT2D eigenvalue weighted by Crippen LogP contribution is 2.22. The van der Waals surface area contributed by atoms with Crippen LogP contribution in [0, 0.1) is 10.1 Å². The molecule has 1 rings (SSSR count). The number of aliphatic hydroxyl groups excluding tert-OH is 1. The number of rotatable bonds is 5. The molecule has 0 saturated carbocycles. The number of benzene rings is 1. The third-order valence-electron chi connectivity index (χ3n) is 2.36. The van der Waals surface area contributed by atoms with Gasteiger partial charge in [0.05, 0.1) is 17.1 Å². The molecule has 0 spiro atoms. The van der Waals surface area contributed by atoms with Crippen LogP contribution in [0.1, 0.15) is 17.3 Å². The molecular formula is C11H15N3O4. The van der Waals surface area contributed by atoms with Crippen LogP contribution in [-0.2, 0) is 0 Å². The Balaban J connectivity index is 3.16. The largest absolute Gasteiger partial charge is 0.394 e. The van der Waals surface area contributed by atoms with Crippen molar-refractivity contribution in [3.05, 3.63) is 33.9 Å². The van der Waals surface area contributed by atoms with Gasteiger partial charge in [-0.3, -0.25) is 14.9 Å². The lowest BCUT2D eigenvalue weighted by Crippen LogP contribution is -2.24. The lowest BCUT2D eigenvalue weighted by Gasteiger charge is -2.15. The van der Waals surface area contributed by atoms with Crippen molar-refractivity contribution < 1.29 is 14.8 Å². The van der Waals surface area contributed by atoms with Crippen molar-refractivity contribution in [1.82, 2.24) is 5.32 Å². The minimum Gasteiger partial charge on any atom is -0.394 e. The fourth-order valence-corrected chi connectivity index (χ4v) is 1.41. The zero-order valence-electron chi connectivity index (χ0n) is 10.1. The van der Waals surface area contributed by atoms with Crippen LogP contribution in [0.25, 0.3) is 0 Å². The molecule has 1 aromatic carbocycles. The van der Waals surface area contributed by atoms with Crippen molar-refractivity contribution in [3.63, 3.8) is 0 Å². The van der Waals surface area contributed by atoms with Gasteiger partial charge in [0.25, 0.3) is 11.6 Å². The monoisotopic (exact) mass is 253 g/mol. The van der Waals surface area contributed by atoms with Gasteiger partial charge in [-0.2, -0.15) is 0 Å². The van der Waals surface area contributed by atoms with Gasteiger partial charge in [-0.05, 0) is 13.0 Å². The first-order valence-corrected chi connectivity index (χ1v) is 5.37. The molecule has 0 heterocycles. The summed E-state index contributed by atoms with van der Waals surface area (Å²) in [5, 5.41) is 24.9. The van der Waals surface area contributed by atoms with Crippen LogP contribution >= 0.6 is 0 Å². The predicted octanol–water partition coefficient (Wildman–Crippen LogP) is 0.747. The second-order valence-corrected chi connectivity index (χ2v) is 3.79. The number of nitrogens with one attached hydrogen (secondary N) is 2. The molecule has 0 aliphatic carbocycles. The first-order valence-electron chi connectivity index (χ1n) is 5.37. The molecule has 7 heteroatoms. The summed E-state index contributed by atoms with van der Waals surface area (Å²) >= 11 is 0. The Morgan fingerprint density at radius 3 is 2.72 bits per heavy atom. The molecule has 0 fully saturated rings. The average Bonchev–Trinajstić information content (AvgIpc) is 2.37. The Morgan fingerprint density at radius 2 is 2.22 bits per heavy atom. The Morgan fingerprint density at radius 1 is 1.56 bits per heavy atom. The summed E-state index contributed by atoms with van der Waals surface area (Å²) in [4.78, 5) is 21.7. The van der Waals surface area contributed by atoms with E-state index >= 15 is 0 Å². The van der Waals surface area contributed by atoms with Crippen molar-refractivity contribution >= 4 is 17.3 Å². The lowest BCUT2D eigenvalue weighted by atomic mass is 10.1. The highest BCUT2D eigenvalue weighted by Gasteiger charge is 2.16. The van der Waals surface area contributed by atoms with E-state index in [4.69, 9.17) is 5.11 Å². The van der Waals surface area contributed by atoms with Gasteiger partial charge in [0, 0.05) is 30.9 Å². The van der Waals surface area contributed by atoms with Crippen molar-refractivity contribution in [2.45, 2.75) is 13.0 Å². The molecular weight excluding hydrogens is 238 g/mol. The standard InChI is InChI=1S/C11H15N3O4/c1-7(6-15)13-10-4-3-8(14(17)18)5-9(10)11(16)12-2/h3-5,7,13,15H,6H2,1-2H3,(H,12,16). The third-order valence-corrected chi connectivity index (χ3v) is 2.36. The molecule has 0 aliphatic rings. The van der Waals surface area contributed by atoms with E-state index < -0.39 is 10.8 Å². The number of hydrogen-bond donors (Lipinski definition) is 3. The SMILES string of the molecule is CNC(=O)c1cc([N+](=O)[O-])ccc1NC(C)CO. The predicted molar refractivity (Wildman–Crippen MR) is 66.7 cm³/mol. The van der Waals surface area contributed by atoms with Gasteiger partial charge in [-0.1, -0.05) is 0 Å². The zero-order chi connectivity index (χ0) is 13.7. The molecule has 0 aliphatic heterocycles. The van der Waals surface area contributed by atoms with E-state index in [0.29, 0.717) is 5.69 Å².